The number of nitrogens with one attached hydrogen (secondary N) is 2. The van der Waals surface area contributed by atoms with Crippen molar-refractivity contribution in [1.29, 1.82) is 0 Å². The van der Waals surface area contributed by atoms with E-state index in [1.54, 1.807) is 13.0 Å². The predicted molar refractivity (Wildman–Crippen MR) is 91.5 cm³/mol. The molecule has 0 spiro atoms. The van der Waals surface area contributed by atoms with E-state index in [1.807, 2.05) is 49.4 Å². The van der Waals surface area contributed by atoms with Crippen molar-refractivity contribution in [3.05, 3.63) is 64.7 Å². The number of carbonyl (C=O) groups is 1. The molecule has 0 bridgehead atoms. The summed E-state index contributed by atoms with van der Waals surface area (Å²) in [4.78, 5) is 12.0. The van der Waals surface area contributed by atoms with Crippen LogP contribution >= 0.6 is 11.6 Å². The van der Waals surface area contributed by atoms with Gasteiger partial charge in [-0.15, -0.1) is 0 Å². The Morgan fingerprint density at radius 3 is 2.59 bits per heavy atom. The monoisotopic (exact) mass is 315 g/mol. The zero-order valence-corrected chi connectivity index (χ0v) is 13.3. The molecule has 0 aliphatic heterocycles. The molecule has 0 aliphatic rings. The highest BCUT2D eigenvalue weighted by molar-refractivity contribution is 6.33. The molecule has 4 nitrogen and oxygen atoms in total. The summed E-state index contributed by atoms with van der Waals surface area (Å²) in [6, 6.07) is 14.7. The molecule has 1 amide bonds. The van der Waals surface area contributed by atoms with Crippen LogP contribution in [0.4, 0.5) is 5.69 Å². The summed E-state index contributed by atoms with van der Waals surface area (Å²) in [7, 11) is 0. The highest BCUT2D eigenvalue weighted by Gasteiger charge is 2.12. The van der Waals surface area contributed by atoms with E-state index in [-0.39, 0.29) is 5.91 Å². The second kappa shape index (κ2) is 7.61. The van der Waals surface area contributed by atoms with Crippen molar-refractivity contribution in [3.8, 4) is 0 Å². The van der Waals surface area contributed by atoms with Crippen LogP contribution in [0.25, 0.3) is 0 Å². The summed E-state index contributed by atoms with van der Waals surface area (Å²) in [6.45, 7) is 3.77. The molecule has 0 saturated carbocycles. The normalized spacial score (nSPS) is 12.1. The Bertz CT molecular complexity index is 685. The highest BCUT2D eigenvalue weighted by atomic mass is 35.5. The van der Waals surface area contributed by atoms with Gasteiger partial charge < -0.3 is 5.32 Å². The summed E-state index contributed by atoms with van der Waals surface area (Å²) in [6.07, 6.45) is 1.53. The third kappa shape index (κ3) is 4.33. The fourth-order valence-corrected chi connectivity index (χ4v) is 2.06. The molecule has 114 valence electrons. The predicted octanol–water partition coefficient (Wildman–Crippen LogP) is 3.60. The lowest BCUT2D eigenvalue weighted by molar-refractivity contribution is -0.121. The molecule has 0 unspecified atom stereocenters. The number of amides is 1. The molecule has 22 heavy (non-hydrogen) atoms. The van der Waals surface area contributed by atoms with Crippen LogP contribution in [0.1, 0.15) is 18.1 Å². The van der Waals surface area contributed by atoms with Crippen LogP contribution in [0.3, 0.4) is 0 Å². The number of carbonyl (C=O) groups excluding carboxylic acids is 1. The average molecular weight is 316 g/mol. The van der Waals surface area contributed by atoms with Crippen molar-refractivity contribution in [2.75, 3.05) is 5.32 Å². The van der Waals surface area contributed by atoms with E-state index in [4.69, 9.17) is 11.6 Å². The Morgan fingerprint density at radius 2 is 1.86 bits per heavy atom. The van der Waals surface area contributed by atoms with Gasteiger partial charge in [-0.3, -0.25) is 4.79 Å². The maximum atomic E-state index is 12.0. The Kier molecular flexibility index (Phi) is 5.55. The number of hydrazone groups is 1. The zero-order chi connectivity index (χ0) is 15.9. The number of rotatable bonds is 5. The summed E-state index contributed by atoms with van der Waals surface area (Å²) in [5.41, 5.74) is 5.28. The fraction of sp³-hybridized carbons (Fsp3) is 0.176. The summed E-state index contributed by atoms with van der Waals surface area (Å²) < 4.78 is 0. The SMILES string of the molecule is Cc1ccccc1N[C@H](C)C(=O)N/N=C\c1ccccc1Cl. The van der Waals surface area contributed by atoms with Gasteiger partial charge in [0, 0.05) is 16.3 Å². The van der Waals surface area contributed by atoms with Crippen LogP contribution in [-0.2, 0) is 4.79 Å². The summed E-state index contributed by atoms with van der Waals surface area (Å²) in [5, 5.41) is 7.69. The lowest BCUT2D eigenvalue weighted by Gasteiger charge is -2.15. The van der Waals surface area contributed by atoms with Crippen molar-refractivity contribution in [2.45, 2.75) is 19.9 Å². The Morgan fingerprint density at radius 1 is 1.18 bits per heavy atom. The average Bonchev–Trinajstić information content (AvgIpc) is 2.51. The first-order valence-corrected chi connectivity index (χ1v) is 7.35. The van der Waals surface area contributed by atoms with Crippen molar-refractivity contribution < 1.29 is 4.79 Å². The van der Waals surface area contributed by atoms with Crippen LogP contribution in [0.15, 0.2) is 53.6 Å². The van der Waals surface area contributed by atoms with E-state index in [2.05, 4.69) is 15.8 Å². The van der Waals surface area contributed by atoms with Gasteiger partial charge in [-0.1, -0.05) is 48.0 Å². The number of para-hydroxylation sites is 1. The third-order valence-electron chi connectivity index (χ3n) is 3.19. The van der Waals surface area contributed by atoms with E-state index in [0.717, 1.165) is 16.8 Å². The first kappa shape index (κ1) is 16.0. The molecule has 2 aromatic rings. The molecular weight excluding hydrogens is 298 g/mol. The van der Waals surface area contributed by atoms with Gasteiger partial charge in [-0.05, 0) is 31.5 Å². The second-order valence-electron chi connectivity index (χ2n) is 4.94. The van der Waals surface area contributed by atoms with Crippen LogP contribution in [0.5, 0.6) is 0 Å². The maximum Gasteiger partial charge on any atom is 0.262 e. The molecule has 2 rings (SSSR count). The van der Waals surface area contributed by atoms with Crippen molar-refractivity contribution >= 4 is 29.4 Å². The number of benzene rings is 2. The van der Waals surface area contributed by atoms with Gasteiger partial charge in [-0.2, -0.15) is 5.10 Å². The van der Waals surface area contributed by atoms with Crippen molar-refractivity contribution in [3.63, 3.8) is 0 Å². The van der Waals surface area contributed by atoms with Gasteiger partial charge in [0.25, 0.3) is 5.91 Å². The first-order chi connectivity index (χ1) is 10.6. The molecule has 0 aromatic heterocycles. The van der Waals surface area contributed by atoms with E-state index in [1.165, 1.54) is 6.21 Å². The fourth-order valence-electron chi connectivity index (χ4n) is 1.88. The van der Waals surface area contributed by atoms with Gasteiger partial charge in [0.1, 0.15) is 6.04 Å². The molecule has 2 N–H and O–H groups in total. The number of aryl methyl sites for hydroxylation is 1. The van der Waals surface area contributed by atoms with Crippen LogP contribution < -0.4 is 10.7 Å². The van der Waals surface area contributed by atoms with Gasteiger partial charge in [0.15, 0.2) is 0 Å². The number of hydrogen-bond acceptors (Lipinski definition) is 3. The van der Waals surface area contributed by atoms with Crippen LogP contribution in [-0.4, -0.2) is 18.2 Å². The van der Waals surface area contributed by atoms with Gasteiger partial charge in [0.05, 0.1) is 6.21 Å². The minimum atomic E-state index is -0.399. The summed E-state index contributed by atoms with van der Waals surface area (Å²) in [5.74, 6) is -0.216. The molecule has 0 saturated heterocycles. The minimum absolute atomic E-state index is 0.216. The number of anilines is 1. The van der Waals surface area contributed by atoms with Crippen LogP contribution in [0.2, 0.25) is 5.02 Å². The third-order valence-corrected chi connectivity index (χ3v) is 3.54. The lowest BCUT2D eigenvalue weighted by atomic mass is 10.2. The highest BCUT2D eigenvalue weighted by Crippen LogP contribution is 2.14. The molecule has 0 radical (unpaired) electrons. The minimum Gasteiger partial charge on any atom is -0.374 e. The zero-order valence-electron chi connectivity index (χ0n) is 12.5. The standard InChI is InChI=1S/C17H18ClN3O/c1-12-7-3-6-10-16(12)20-13(2)17(22)21-19-11-14-8-4-5-9-15(14)18/h3-11,13,20H,1-2H3,(H,21,22)/b19-11-/t13-/m1/s1. The maximum absolute atomic E-state index is 12.0. The van der Waals surface area contributed by atoms with E-state index >= 15 is 0 Å². The van der Waals surface area contributed by atoms with E-state index in [9.17, 15) is 4.79 Å². The Balaban J connectivity index is 1.92. The van der Waals surface area contributed by atoms with E-state index in [0.29, 0.717) is 5.02 Å². The first-order valence-electron chi connectivity index (χ1n) is 6.97. The number of hydrogen-bond donors (Lipinski definition) is 2. The largest absolute Gasteiger partial charge is 0.374 e. The molecular formula is C17H18ClN3O. The van der Waals surface area contributed by atoms with Crippen LogP contribution in [0, 0.1) is 6.92 Å². The molecule has 0 heterocycles. The summed E-state index contributed by atoms with van der Waals surface area (Å²) >= 11 is 6.01. The molecule has 0 fully saturated rings. The Hall–Kier alpha value is -2.33. The number of nitrogens with zero attached hydrogens (tertiary/aromatic N) is 1. The molecule has 1 atom stereocenters. The van der Waals surface area contributed by atoms with Gasteiger partial charge >= 0.3 is 0 Å². The van der Waals surface area contributed by atoms with E-state index < -0.39 is 6.04 Å². The lowest BCUT2D eigenvalue weighted by Crippen LogP contribution is -2.35. The molecule has 0 aliphatic carbocycles. The molecule has 5 heteroatoms. The van der Waals surface area contributed by atoms with Gasteiger partial charge in [0.2, 0.25) is 0 Å². The van der Waals surface area contributed by atoms with Crippen molar-refractivity contribution in [2.24, 2.45) is 5.10 Å². The quantitative estimate of drug-likeness (QED) is 0.654. The number of halogens is 1. The smallest absolute Gasteiger partial charge is 0.262 e. The topological polar surface area (TPSA) is 53.5 Å². The van der Waals surface area contributed by atoms with Gasteiger partial charge in [-0.25, -0.2) is 5.43 Å². The Labute approximate surface area is 135 Å². The molecule has 2 aromatic carbocycles. The van der Waals surface area contributed by atoms with Crippen molar-refractivity contribution in [1.82, 2.24) is 5.43 Å². The second-order valence-corrected chi connectivity index (χ2v) is 5.34.